The van der Waals surface area contributed by atoms with Gasteiger partial charge in [-0.3, -0.25) is 0 Å². The van der Waals surface area contributed by atoms with Crippen LogP contribution < -0.4 is 11.0 Å². The number of aromatic hydroxyl groups is 1. The van der Waals surface area contributed by atoms with Crippen molar-refractivity contribution in [2.75, 3.05) is 18.5 Å². The topological polar surface area (TPSA) is 103 Å². The summed E-state index contributed by atoms with van der Waals surface area (Å²) in [5.41, 5.74) is 5.57. The van der Waals surface area contributed by atoms with Gasteiger partial charge in [-0.05, 0) is 35.4 Å². The molecule has 0 saturated carbocycles. The Hall–Kier alpha value is -4.36. The third-order valence-electron chi connectivity index (χ3n) is 5.53. The van der Waals surface area contributed by atoms with E-state index in [0.717, 1.165) is 33.3 Å². The van der Waals surface area contributed by atoms with Gasteiger partial charge in [0.1, 0.15) is 0 Å². The first-order chi connectivity index (χ1) is 16.1. The number of H-pyrrole nitrogens is 1. The molecule has 0 aliphatic heterocycles. The van der Waals surface area contributed by atoms with Crippen molar-refractivity contribution in [2.45, 2.75) is 0 Å². The maximum Gasteiger partial charge on any atom is 0.333 e. The predicted molar refractivity (Wildman–Crippen MR) is 130 cm³/mol. The van der Waals surface area contributed by atoms with Crippen molar-refractivity contribution in [3.05, 3.63) is 95.5 Å². The smallest absolute Gasteiger partial charge is 0.333 e. The molecule has 0 saturated heterocycles. The number of imidazole rings is 1. The van der Waals surface area contributed by atoms with E-state index in [4.69, 9.17) is 10.1 Å². The number of aromatic amines is 1. The van der Waals surface area contributed by atoms with E-state index in [1.807, 2.05) is 78.9 Å². The number of anilines is 1. The molecule has 0 aliphatic rings. The number of nitrogens with zero attached hydrogens (tertiary/aromatic N) is 2. The molecule has 0 fully saturated rings. The van der Waals surface area contributed by atoms with Gasteiger partial charge in [-0.1, -0.05) is 54.6 Å². The van der Waals surface area contributed by atoms with Crippen molar-refractivity contribution in [3.63, 3.8) is 0 Å². The van der Waals surface area contributed by atoms with Gasteiger partial charge in [0.05, 0.1) is 29.7 Å². The molecule has 2 heterocycles. The molecule has 3 aromatic carbocycles. The van der Waals surface area contributed by atoms with Gasteiger partial charge in [0.2, 0.25) is 5.88 Å². The van der Waals surface area contributed by atoms with Gasteiger partial charge in [-0.15, -0.1) is 0 Å². The average molecular weight is 438 g/mol. The quantitative estimate of drug-likeness (QED) is 0.319. The number of hydrogen-bond acceptors (Lipinski definition) is 5. The summed E-state index contributed by atoms with van der Waals surface area (Å²) in [5, 5.41) is 23.1. The van der Waals surface area contributed by atoms with Gasteiger partial charge < -0.3 is 20.5 Å². The molecule has 7 nitrogen and oxygen atoms in total. The van der Waals surface area contributed by atoms with Crippen LogP contribution in [-0.4, -0.2) is 37.9 Å². The summed E-state index contributed by atoms with van der Waals surface area (Å²) in [4.78, 5) is 19.6. The fraction of sp³-hybridized carbons (Fsp3) is 0.0769. The van der Waals surface area contributed by atoms with Gasteiger partial charge in [0.15, 0.2) is 0 Å². The number of rotatable bonds is 6. The van der Waals surface area contributed by atoms with Crippen LogP contribution in [0.1, 0.15) is 0 Å². The zero-order valence-corrected chi connectivity index (χ0v) is 17.7. The summed E-state index contributed by atoms with van der Waals surface area (Å²) < 4.78 is 1.24. The van der Waals surface area contributed by atoms with Crippen molar-refractivity contribution < 1.29 is 10.2 Å². The van der Waals surface area contributed by atoms with Crippen molar-refractivity contribution in [1.82, 2.24) is 14.5 Å². The molecule has 0 atom stereocenters. The van der Waals surface area contributed by atoms with Crippen LogP contribution in [0.5, 0.6) is 5.88 Å². The number of fused-ring (bicyclic) bond motifs is 1. The SMILES string of the molecule is O=c1[nH]cc(O)n1-c1cc(-c2ccc(-c3ccc(NCCO)cc3)cc2)nc2ccccc12. The van der Waals surface area contributed by atoms with Crippen molar-refractivity contribution in [1.29, 1.82) is 0 Å². The Labute approximate surface area is 189 Å². The predicted octanol–water partition coefficient (Wildman–Crippen LogP) is 4.16. The Bertz CT molecular complexity index is 1470. The second-order valence-electron chi connectivity index (χ2n) is 7.64. The van der Waals surface area contributed by atoms with E-state index in [-0.39, 0.29) is 12.5 Å². The average Bonchev–Trinajstić information content (AvgIpc) is 3.20. The fourth-order valence-electron chi connectivity index (χ4n) is 3.90. The number of aliphatic hydroxyl groups is 1. The Morgan fingerprint density at radius 3 is 2.24 bits per heavy atom. The molecule has 5 aromatic rings. The van der Waals surface area contributed by atoms with Crippen molar-refractivity contribution in [2.24, 2.45) is 0 Å². The lowest BCUT2D eigenvalue weighted by atomic mass is 10.0. The molecule has 4 N–H and O–H groups in total. The number of benzene rings is 3. The molecule has 0 amide bonds. The van der Waals surface area contributed by atoms with E-state index >= 15 is 0 Å². The van der Waals surface area contributed by atoms with Crippen LogP contribution in [-0.2, 0) is 0 Å². The number of aliphatic hydroxyl groups excluding tert-OH is 1. The highest BCUT2D eigenvalue weighted by Crippen LogP contribution is 2.30. The maximum atomic E-state index is 12.3. The lowest BCUT2D eigenvalue weighted by Crippen LogP contribution is -2.15. The summed E-state index contributed by atoms with van der Waals surface area (Å²) in [6.45, 7) is 0.605. The summed E-state index contributed by atoms with van der Waals surface area (Å²) >= 11 is 0. The minimum absolute atomic E-state index is 0.0894. The molecular formula is C26H22N4O3. The Morgan fingerprint density at radius 2 is 1.58 bits per heavy atom. The summed E-state index contributed by atoms with van der Waals surface area (Å²) in [6.07, 6.45) is 1.27. The van der Waals surface area contributed by atoms with Gasteiger partial charge in [0, 0.05) is 23.2 Å². The van der Waals surface area contributed by atoms with Crippen LogP contribution in [0.25, 0.3) is 39.0 Å². The minimum atomic E-state index is -0.415. The van der Waals surface area contributed by atoms with E-state index in [1.54, 1.807) is 0 Å². The van der Waals surface area contributed by atoms with Gasteiger partial charge >= 0.3 is 5.69 Å². The summed E-state index contributed by atoms with van der Waals surface area (Å²) in [7, 11) is 0. The van der Waals surface area contributed by atoms with E-state index < -0.39 is 5.69 Å². The highest BCUT2D eigenvalue weighted by atomic mass is 16.3. The summed E-state index contributed by atoms with van der Waals surface area (Å²) in [5.74, 6) is -0.158. The largest absolute Gasteiger partial charge is 0.493 e. The number of aromatic nitrogens is 3. The molecule has 7 heteroatoms. The van der Waals surface area contributed by atoms with E-state index in [9.17, 15) is 9.90 Å². The van der Waals surface area contributed by atoms with Gasteiger partial charge in [-0.25, -0.2) is 14.3 Å². The molecule has 0 aliphatic carbocycles. The third kappa shape index (κ3) is 3.97. The van der Waals surface area contributed by atoms with Crippen LogP contribution in [0.3, 0.4) is 0 Å². The molecule has 0 spiro atoms. The van der Waals surface area contributed by atoms with E-state index in [1.165, 1.54) is 10.8 Å². The second-order valence-corrected chi connectivity index (χ2v) is 7.64. The van der Waals surface area contributed by atoms with Crippen LogP contribution in [0.2, 0.25) is 0 Å². The zero-order valence-electron chi connectivity index (χ0n) is 17.7. The molecular weight excluding hydrogens is 416 g/mol. The highest BCUT2D eigenvalue weighted by Gasteiger charge is 2.14. The molecule has 5 rings (SSSR count). The number of para-hydroxylation sites is 1. The lowest BCUT2D eigenvalue weighted by molar-refractivity contribution is 0.311. The minimum Gasteiger partial charge on any atom is -0.493 e. The van der Waals surface area contributed by atoms with E-state index in [2.05, 4.69) is 10.3 Å². The summed E-state index contributed by atoms with van der Waals surface area (Å²) in [6, 6.07) is 25.4. The first kappa shape index (κ1) is 20.5. The number of pyridine rings is 1. The van der Waals surface area contributed by atoms with Gasteiger partial charge in [-0.2, -0.15) is 0 Å². The Morgan fingerprint density at radius 1 is 0.909 bits per heavy atom. The maximum absolute atomic E-state index is 12.3. The molecule has 0 radical (unpaired) electrons. The number of nitrogens with one attached hydrogen (secondary N) is 2. The monoisotopic (exact) mass is 438 g/mol. The normalized spacial score (nSPS) is 11.1. The van der Waals surface area contributed by atoms with Crippen LogP contribution in [0.15, 0.2) is 89.9 Å². The molecule has 2 aromatic heterocycles. The molecule has 164 valence electrons. The lowest BCUT2D eigenvalue weighted by Gasteiger charge is -2.11. The Balaban J connectivity index is 1.53. The van der Waals surface area contributed by atoms with Crippen molar-refractivity contribution in [3.8, 4) is 34.0 Å². The zero-order chi connectivity index (χ0) is 22.8. The molecule has 0 bridgehead atoms. The number of hydrogen-bond donors (Lipinski definition) is 4. The fourth-order valence-corrected chi connectivity index (χ4v) is 3.90. The van der Waals surface area contributed by atoms with E-state index in [0.29, 0.717) is 17.9 Å². The highest BCUT2D eigenvalue weighted by molar-refractivity contribution is 5.90. The van der Waals surface area contributed by atoms with Crippen LogP contribution in [0.4, 0.5) is 5.69 Å². The third-order valence-corrected chi connectivity index (χ3v) is 5.53. The van der Waals surface area contributed by atoms with Crippen LogP contribution >= 0.6 is 0 Å². The standard InChI is InChI=1S/C26H22N4O3/c31-14-13-27-20-11-9-18(10-12-20)17-5-7-19(8-6-17)23-15-24(30-25(32)16-28-26(30)33)21-3-1-2-4-22(21)29-23/h1-12,15-16,27,31-32H,13-14H2,(H,28,33). The Kier molecular flexibility index (Phi) is 5.38. The molecule has 0 unspecified atom stereocenters. The molecule has 33 heavy (non-hydrogen) atoms. The second kappa shape index (κ2) is 8.64. The van der Waals surface area contributed by atoms with Crippen molar-refractivity contribution >= 4 is 16.6 Å². The van der Waals surface area contributed by atoms with Crippen LogP contribution in [0, 0.1) is 0 Å². The van der Waals surface area contributed by atoms with Gasteiger partial charge in [0.25, 0.3) is 0 Å². The first-order valence-corrected chi connectivity index (χ1v) is 10.6. The first-order valence-electron chi connectivity index (χ1n) is 10.6.